The number of rotatable bonds is 4. The van der Waals surface area contributed by atoms with Crippen LogP contribution in [0.1, 0.15) is 5.56 Å². The molecule has 6 heteroatoms. The molecule has 1 amide bonds. The number of nitrogens with one attached hydrogen (secondary N) is 1. The number of methoxy groups -OCH3 is 1. The van der Waals surface area contributed by atoms with E-state index in [9.17, 15) is 4.79 Å². The van der Waals surface area contributed by atoms with Crippen LogP contribution in [0.25, 0.3) is 6.08 Å². The van der Waals surface area contributed by atoms with Crippen molar-refractivity contribution in [2.45, 2.75) is 0 Å². The van der Waals surface area contributed by atoms with E-state index in [1.807, 2.05) is 12.1 Å². The summed E-state index contributed by atoms with van der Waals surface area (Å²) in [6, 6.07) is 10.5. The molecule has 0 bridgehead atoms. The number of halogens is 1. The first-order valence-electron chi connectivity index (χ1n) is 6.88. The molecule has 5 nitrogen and oxygen atoms in total. The van der Waals surface area contributed by atoms with Crippen LogP contribution in [-0.4, -0.2) is 19.8 Å². The van der Waals surface area contributed by atoms with Gasteiger partial charge < -0.3 is 19.5 Å². The summed E-state index contributed by atoms with van der Waals surface area (Å²) in [5.74, 6) is 1.63. The molecular formula is C17H14ClNO4. The molecule has 1 heterocycles. The Morgan fingerprint density at radius 3 is 2.87 bits per heavy atom. The van der Waals surface area contributed by atoms with Gasteiger partial charge in [0.25, 0.3) is 0 Å². The van der Waals surface area contributed by atoms with Crippen molar-refractivity contribution in [2.24, 2.45) is 0 Å². The summed E-state index contributed by atoms with van der Waals surface area (Å²) in [6.45, 7) is 0.220. The minimum Gasteiger partial charge on any atom is -0.495 e. The van der Waals surface area contributed by atoms with Gasteiger partial charge in [-0.2, -0.15) is 0 Å². The fourth-order valence-electron chi connectivity index (χ4n) is 2.14. The summed E-state index contributed by atoms with van der Waals surface area (Å²) in [5.41, 5.74) is 1.35. The molecule has 0 aliphatic carbocycles. The number of benzene rings is 2. The Morgan fingerprint density at radius 2 is 2.04 bits per heavy atom. The molecule has 1 aliphatic rings. The van der Waals surface area contributed by atoms with Crippen molar-refractivity contribution in [3.05, 3.63) is 53.1 Å². The number of carbonyl (C=O) groups excluding carboxylic acids is 1. The van der Waals surface area contributed by atoms with E-state index < -0.39 is 0 Å². The monoisotopic (exact) mass is 331 g/mol. The number of carbonyl (C=O) groups is 1. The molecule has 0 fully saturated rings. The zero-order chi connectivity index (χ0) is 16.2. The maximum absolute atomic E-state index is 12.0. The van der Waals surface area contributed by atoms with E-state index in [1.54, 1.807) is 30.3 Å². The number of hydrogen-bond acceptors (Lipinski definition) is 4. The predicted octanol–water partition coefficient (Wildman–Crippen LogP) is 3.73. The standard InChI is InChI=1S/C17H14ClNO4/c1-21-14-6-4-12(18)9-13(14)19-17(20)7-3-11-2-5-15-16(8-11)23-10-22-15/h2-9H,10H2,1H3,(H,19,20). The molecule has 0 saturated carbocycles. The molecule has 118 valence electrons. The highest BCUT2D eigenvalue weighted by Crippen LogP contribution is 2.33. The summed E-state index contributed by atoms with van der Waals surface area (Å²) in [7, 11) is 1.53. The zero-order valence-electron chi connectivity index (χ0n) is 12.3. The van der Waals surface area contributed by atoms with E-state index in [4.69, 9.17) is 25.8 Å². The fourth-order valence-corrected chi connectivity index (χ4v) is 2.31. The molecule has 23 heavy (non-hydrogen) atoms. The minimum atomic E-state index is -0.289. The summed E-state index contributed by atoms with van der Waals surface area (Å²) in [5, 5.41) is 3.25. The summed E-state index contributed by atoms with van der Waals surface area (Å²) in [6.07, 6.45) is 3.12. The normalized spacial score (nSPS) is 12.4. The third-order valence-electron chi connectivity index (χ3n) is 3.24. The van der Waals surface area contributed by atoms with Gasteiger partial charge in [0.05, 0.1) is 12.8 Å². The molecule has 0 saturated heterocycles. The molecule has 2 aromatic carbocycles. The minimum absolute atomic E-state index is 0.220. The van der Waals surface area contributed by atoms with E-state index in [2.05, 4.69) is 5.32 Å². The lowest BCUT2D eigenvalue weighted by atomic mass is 10.2. The summed E-state index contributed by atoms with van der Waals surface area (Å²) in [4.78, 5) is 12.0. The average Bonchev–Trinajstić information content (AvgIpc) is 3.01. The van der Waals surface area contributed by atoms with Crippen molar-refractivity contribution in [3.63, 3.8) is 0 Å². The van der Waals surface area contributed by atoms with Crippen LogP contribution in [0.4, 0.5) is 5.69 Å². The molecule has 1 N–H and O–H groups in total. The highest BCUT2D eigenvalue weighted by atomic mass is 35.5. The Balaban J connectivity index is 1.71. The summed E-state index contributed by atoms with van der Waals surface area (Å²) >= 11 is 5.93. The van der Waals surface area contributed by atoms with Crippen molar-refractivity contribution < 1.29 is 19.0 Å². The van der Waals surface area contributed by atoms with E-state index in [0.29, 0.717) is 28.0 Å². The number of fused-ring (bicyclic) bond motifs is 1. The zero-order valence-corrected chi connectivity index (χ0v) is 13.1. The van der Waals surface area contributed by atoms with Crippen LogP contribution >= 0.6 is 11.6 Å². The Bertz CT molecular complexity index is 773. The SMILES string of the molecule is COc1ccc(Cl)cc1NC(=O)C=Cc1ccc2c(c1)OCO2. The summed E-state index contributed by atoms with van der Waals surface area (Å²) < 4.78 is 15.7. The molecule has 0 atom stereocenters. The van der Waals surface area contributed by atoms with Gasteiger partial charge in [0.1, 0.15) is 5.75 Å². The molecule has 3 rings (SSSR count). The van der Waals surface area contributed by atoms with Gasteiger partial charge >= 0.3 is 0 Å². The predicted molar refractivity (Wildman–Crippen MR) is 88.2 cm³/mol. The van der Waals surface area contributed by atoms with Crippen molar-refractivity contribution in [2.75, 3.05) is 19.2 Å². The molecular weight excluding hydrogens is 318 g/mol. The molecule has 0 unspecified atom stereocenters. The van der Waals surface area contributed by atoms with Gasteiger partial charge in [0, 0.05) is 11.1 Å². The molecule has 0 radical (unpaired) electrons. The van der Waals surface area contributed by atoms with E-state index in [1.165, 1.54) is 13.2 Å². The first kappa shape index (κ1) is 15.2. The lowest BCUT2D eigenvalue weighted by molar-refractivity contribution is -0.111. The number of anilines is 1. The quantitative estimate of drug-likeness (QED) is 0.867. The number of ether oxygens (including phenoxy) is 3. The van der Waals surface area contributed by atoms with Crippen LogP contribution in [-0.2, 0) is 4.79 Å². The van der Waals surface area contributed by atoms with Crippen LogP contribution in [0, 0.1) is 0 Å². The van der Waals surface area contributed by atoms with Gasteiger partial charge in [-0.15, -0.1) is 0 Å². The lowest BCUT2D eigenvalue weighted by Gasteiger charge is -2.08. The third kappa shape index (κ3) is 3.57. The lowest BCUT2D eigenvalue weighted by Crippen LogP contribution is -2.08. The first-order valence-corrected chi connectivity index (χ1v) is 7.26. The second-order valence-corrected chi connectivity index (χ2v) is 5.22. The molecule has 1 aliphatic heterocycles. The van der Waals surface area contributed by atoms with Crippen molar-refractivity contribution in [1.29, 1.82) is 0 Å². The van der Waals surface area contributed by atoms with Crippen molar-refractivity contribution in [1.82, 2.24) is 0 Å². The van der Waals surface area contributed by atoms with E-state index in [0.717, 1.165) is 5.56 Å². The topological polar surface area (TPSA) is 56.8 Å². The number of hydrogen-bond donors (Lipinski definition) is 1. The smallest absolute Gasteiger partial charge is 0.248 e. The van der Waals surface area contributed by atoms with Gasteiger partial charge in [0.15, 0.2) is 11.5 Å². The van der Waals surface area contributed by atoms with Crippen LogP contribution < -0.4 is 19.5 Å². The Labute approximate surface area is 138 Å². The fraction of sp³-hybridized carbons (Fsp3) is 0.118. The second kappa shape index (κ2) is 6.62. The maximum Gasteiger partial charge on any atom is 0.248 e. The van der Waals surface area contributed by atoms with Crippen molar-refractivity contribution >= 4 is 29.3 Å². The van der Waals surface area contributed by atoms with Gasteiger partial charge in [-0.3, -0.25) is 4.79 Å². The van der Waals surface area contributed by atoms with Gasteiger partial charge in [0.2, 0.25) is 12.7 Å². The van der Waals surface area contributed by atoms with Crippen LogP contribution in [0.5, 0.6) is 17.2 Å². The molecule has 0 aromatic heterocycles. The third-order valence-corrected chi connectivity index (χ3v) is 3.48. The van der Waals surface area contributed by atoms with Crippen LogP contribution in [0.15, 0.2) is 42.5 Å². The molecule has 2 aromatic rings. The Hall–Kier alpha value is -2.66. The number of amides is 1. The van der Waals surface area contributed by atoms with E-state index >= 15 is 0 Å². The maximum atomic E-state index is 12.0. The Morgan fingerprint density at radius 1 is 1.22 bits per heavy atom. The Kier molecular flexibility index (Phi) is 4.39. The van der Waals surface area contributed by atoms with Crippen LogP contribution in [0.2, 0.25) is 5.02 Å². The largest absolute Gasteiger partial charge is 0.495 e. The highest BCUT2D eigenvalue weighted by molar-refractivity contribution is 6.31. The molecule has 0 spiro atoms. The second-order valence-electron chi connectivity index (χ2n) is 4.78. The highest BCUT2D eigenvalue weighted by Gasteiger charge is 2.12. The van der Waals surface area contributed by atoms with Crippen molar-refractivity contribution in [3.8, 4) is 17.2 Å². The van der Waals surface area contributed by atoms with Gasteiger partial charge in [-0.1, -0.05) is 17.7 Å². The van der Waals surface area contributed by atoms with Gasteiger partial charge in [-0.05, 0) is 42.0 Å². The average molecular weight is 332 g/mol. The first-order chi connectivity index (χ1) is 11.2. The van der Waals surface area contributed by atoms with Crippen LogP contribution in [0.3, 0.4) is 0 Å². The van der Waals surface area contributed by atoms with E-state index in [-0.39, 0.29) is 12.7 Å². The van der Waals surface area contributed by atoms with Gasteiger partial charge in [-0.25, -0.2) is 0 Å².